The summed E-state index contributed by atoms with van der Waals surface area (Å²) < 4.78 is 62.3. The number of aromatic nitrogens is 2. The number of alkyl halides is 3. The third kappa shape index (κ3) is 5.85. The van der Waals surface area contributed by atoms with Gasteiger partial charge in [0.25, 0.3) is 11.9 Å². The number of hydrogen-bond acceptors (Lipinski definition) is 7. The minimum Gasteiger partial charge on any atom is -0.432 e. The zero-order valence-electron chi connectivity index (χ0n) is 22.8. The van der Waals surface area contributed by atoms with Crippen molar-refractivity contribution in [2.75, 3.05) is 48.3 Å². The second-order valence-corrected chi connectivity index (χ2v) is 10.4. The van der Waals surface area contributed by atoms with Crippen LogP contribution in [0.25, 0.3) is 5.57 Å². The van der Waals surface area contributed by atoms with Gasteiger partial charge in [0.2, 0.25) is 5.56 Å². The molecule has 9 nitrogen and oxygen atoms in total. The average Bonchev–Trinajstić information content (AvgIpc) is 3.47. The minimum atomic E-state index is -4.93. The first kappa shape index (κ1) is 28.4. The van der Waals surface area contributed by atoms with Crippen LogP contribution in [0.4, 0.5) is 35.0 Å². The van der Waals surface area contributed by atoms with E-state index in [1.165, 1.54) is 24.6 Å². The van der Waals surface area contributed by atoms with Gasteiger partial charge in [-0.1, -0.05) is 6.08 Å². The Kier molecular flexibility index (Phi) is 7.64. The number of nitrogens with zero attached hydrogens (tertiary/aromatic N) is 4. The Labute approximate surface area is 233 Å². The maximum atomic E-state index is 15.8. The summed E-state index contributed by atoms with van der Waals surface area (Å²) in [6.45, 7) is 5.95. The number of piperazine rings is 1. The van der Waals surface area contributed by atoms with Gasteiger partial charge in [-0.3, -0.25) is 14.5 Å². The third-order valence-corrected chi connectivity index (χ3v) is 7.70. The summed E-state index contributed by atoms with van der Waals surface area (Å²) in [6, 6.07) is 3.70. The molecule has 2 unspecified atom stereocenters. The Morgan fingerprint density at radius 1 is 1.15 bits per heavy atom. The van der Waals surface area contributed by atoms with Crippen molar-refractivity contribution in [3.8, 4) is 0 Å². The van der Waals surface area contributed by atoms with Gasteiger partial charge in [-0.05, 0) is 45.0 Å². The molecule has 218 valence electrons. The first-order valence-electron chi connectivity index (χ1n) is 13.2. The molecule has 1 amide bonds. The van der Waals surface area contributed by atoms with Crippen molar-refractivity contribution >= 4 is 28.9 Å². The first-order valence-corrected chi connectivity index (χ1v) is 13.2. The van der Waals surface area contributed by atoms with Crippen molar-refractivity contribution in [1.29, 1.82) is 0 Å². The molecular formula is C28H30F4N6O3. The SMILES string of the molecule is CC1CN(c2cc(F)c(C3=CCCN(c4ncco4)C3)cc2NC(=O)c2c[nH]c(=O)cc2C(F)(F)F)CC(C)N1C. The van der Waals surface area contributed by atoms with Crippen LogP contribution in [0.5, 0.6) is 0 Å². The molecule has 0 saturated carbocycles. The van der Waals surface area contributed by atoms with Crippen LogP contribution in [0.15, 0.2) is 52.1 Å². The molecule has 2 aromatic heterocycles. The average molecular weight is 575 g/mol. The topological polar surface area (TPSA) is 97.7 Å². The van der Waals surface area contributed by atoms with Crippen molar-refractivity contribution in [2.24, 2.45) is 0 Å². The fourth-order valence-corrected chi connectivity index (χ4v) is 5.33. The lowest BCUT2D eigenvalue weighted by molar-refractivity contribution is -0.138. The molecule has 3 aromatic rings. The molecule has 2 atom stereocenters. The van der Waals surface area contributed by atoms with E-state index in [0.717, 1.165) is 6.20 Å². The van der Waals surface area contributed by atoms with Gasteiger partial charge in [-0.15, -0.1) is 0 Å². The van der Waals surface area contributed by atoms with Gasteiger partial charge in [-0.2, -0.15) is 13.2 Å². The Hall–Kier alpha value is -4.13. The lowest BCUT2D eigenvalue weighted by Crippen LogP contribution is -2.55. The van der Waals surface area contributed by atoms with Crippen LogP contribution in [-0.4, -0.2) is 66.1 Å². The summed E-state index contributed by atoms with van der Waals surface area (Å²) in [5.74, 6) is -1.61. The van der Waals surface area contributed by atoms with Crippen LogP contribution in [0.3, 0.4) is 0 Å². The van der Waals surface area contributed by atoms with E-state index >= 15 is 4.39 Å². The van der Waals surface area contributed by atoms with E-state index in [1.807, 2.05) is 36.8 Å². The molecule has 1 fully saturated rings. The number of amides is 1. The van der Waals surface area contributed by atoms with Gasteiger partial charge in [0, 0.05) is 56.1 Å². The molecule has 5 rings (SSSR count). The molecule has 1 saturated heterocycles. The van der Waals surface area contributed by atoms with Crippen LogP contribution in [0, 0.1) is 5.82 Å². The number of benzene rings is 1. The number of pyridine rings is 1. The predicted octanol–water partition coefficient (Wildman–Crippen LogP) is 4.60. The van der Waals surface area contributed by atoms with Crippen molar-refractivity contribution < 1.29 is 26.8 Å². The third-order valence-electron chi connectivity index (χ3n) is 7.70. The Balaban J connectivity index is 1.55. The number of rotatable bonds is 5. The number of nitrogens with one attached hydrogen (secondary N) is 2. The maximum Gasteiger partial charge on any atom is 0.417 e. The van der Waals surface area contributed by atoms with Crippen LogP contribution < -0.4 is 20.7 Å². The summed E-state index contributed by atoms with van der Waals surface area (Å²) in [5.41, 5.74) is -1.77. The quantitative estimate of drug-likeness (QED) is 0.430. The summed E-state index contributed by atoms with van der Waals surface area (Å²) in [5, 5.41) is 2.59. The van der Waals surface area contributed by atoms with E-state index < -0.39 is 34.6 Å². The molecule has 2 N–H and O–H groups in total. The fourth-order valence-electron chi connectivity index (χ4n) is 5.33. The first-order chi connectivity index (χ1) is 19.4. The standard InChI is InChI=1S/C28H30F4N6O3/c1-16-13-38(14-17(2)36(16)3)24-11-22(29)19(18-5-4-7-37(15-18)27-33-6-8-41-27)9-23(24)35-26(40)20-12-34-25(39)10-21(20)28(30,31)32/h5-6,8-12,16-17H,4,7,13-15H2,1-3H3,(H,34,39)(H,35,40). The summed E-state index contributed by atoms with van der Waals surface area (Å²) >= 11 is 0. The number of anilines is 3. The highest BCUT2D eigenvalue weighted by Gasteiger charge is 2.36. The van der Waals surface area contributed by atoms with Crippen LogP contribution >= 0.6 is 0 Å². The predicted molar refractivity (Wildman–Crippen MR) is 147 cm³/mol. The minimum absolute atomic E-state index is 0.0940. The number of halogens is 4. The Bertz CT molecular complexity index is 1510. The van der Waals surface area contributed by atoms with Crippen molar-refractivity contribution in [2.45, 2.75) is 38.5 Å². The van der Waals surface area contributed by atoms with E-state index in [2.05, 4.69) is 20.2 Å². The summed E-state index contributed by atoms with van der Waals surface area (Å²) in [7, 11) is 1.99. The number of H-pyrrole nitrogens is 1. The van der Waals surface area contributed by atoms with Gasteiger partial charge < -0.3 is 24.5 Å². The second kappa shape index (κ2) is 11.0. The molecule has 2 aliphatic rings. The molecule has 4 heterocycles. The number of carbonyl (C=O) groups excluding carboxylic acids is 1. The van der Waals surface area contributed by atoms with Gasteiger partial charge in [0.1, 0.15) is 12.1 Å². The molecule has 0 aliphatic carbocycles. The van der Waals surface area contributed by atoms with E-state index in [1.54, 1.807) is 0 Å². The Morgan fingerprint density at radius 2 is 1.88 bits per heavy atom. The molecule has 0 bridgehead atoms. The lowest BCUT2D eigenvalue weighted by atomic mass is 9.98. The molecule has 13 heteroatoms. The number of likely N-dealkylation sites (N-methyl/N-ethyl adjacent to an activating group) is 1. The monoisotopic (exact) mass is 574 g/mol. The van der Waals surface area contributed by atoms with E-state index in [0.29, 0.717) is 49.4 Å². The van der Waals surface area contributed by atoms with E-state index in [4.69, 9.17) is 4.42 Å². The number of oxazole rings is 1. The van der Waals surface area contributed by atoms with Gasteiger partial charge in [-0.25, -0.2) is 9.37 Å². The zero-order chi connectivity index (χ0) is 29.5. The summed E-state index contributed by atoms with van der Waals surface area (Å²) in [6.07, 6.45) is 1.23. The van der Waals surface area contributed by atoms with Crippen molar-refractivity contribution in [3.05, 3.63) is 75.8 Å². The molecular weight excluding hydrogens is 544 g/mol. The van der Waals surface area contributed by atoms with Crippen molar-refractivity contribution in [1.82, 2.24) is 14.9 Å². The molecule has 1 aromatic carbocycles. The Morgan fingerprint density at radius 3 is 2.54 bits per heavy atom. The molecule has 0 spiro atoms. The zero-order valence-corrected chi connectivity index (χ0v) is 22.8. The highest BCUT2D eigenvalue weighted by molar-refractivity contribution is 6.07. The van der Waals surface area contributed by atoms with E-state index in [9.17, 15) is 22.8 Å². The molecule has 41 heavy (non-hydrogen) atoms. The van der Waals surface area contributed by atoms with Gasteiger partial charge in [0.15, 0.2) is 0 Å². The van der Waals surface area contributed by atoms with Gasteiger partial charge in [0.05, 0.1) is 28.7 Å². The largest absolute Gasteiger partial charge is 0.432 e. The summed E-state index contributed by atoms with van der Waals surface area (Å²) in [4.78, 5) is 37.2. The van der Waals surface area contributed by atoms with Crippen molar-refractivity contribution in [3.63, 3.8) is 0 Å². The van der Waals surface area contributed by atoms with Gasteiger partial charge >= 0.3 is 6.18 Å². The number of carbonyl (C=O) groups is 1. The number of hydrogen-bond donors (Lipinski definition) is 2. The van der Waals surface area contributed by atoms with Crippen LogP contribution in [0.1, 0.15) is 41.8 Å². The smallest absolute Gasteiger partial charge is 0.417 e. The molecule has 0 radical (unpaired) electrons. The van der Waals surface area contributed by atoms with Crippen LogP contribution in [-0.2, 0) is 6.18 Å². The lowest BCUT2D eigenvalue weighted by Gasteiger charge is -2.44. The highest BCUT2D eigenvalue weighted by Crippen LogP contribution is 2.37. The maximum absolute atomic E-state index is 15.8. The second-order valence-electron chi connectivity index (χ2n) is 10.4. The van der Waals surface area contributed by atoms with Crippen LogP contribution in [0.2, 0.25) is 0 Å². The number of aromatic amines is 1. The highest BCUT2D eigenvalue weighted by atomic mass is 19.4. The normalized spacial score (nSPS) is 20.2. The van der Waals surface area contributed by atoms with E-state index in [-0.39, 0.29) is 29.9 Å². The fraction of sp³-hybridized carbons (Fsp3) is 0.393. The molecule has 2 aliphatic heterocycles.